The Hall–Kier alpha value is -0.960. The van der Waals surface area contributed by atoms with Crippen molar-refractivity contribution in [3.63, 3.8) is 0 Å². The molecule has 100 valence electrons. The lowest BCUT2D eigenvalue weighted by Gasteiger charge is -2.12. The van der Waals surface area contributed by atoms with E-state index in [1.54, 1.807) is 18.2 Å². The van der Waals surface area contributed by atoms with Crippen molar-refractivity contribution in [2.24, 2.45) is 0 Å². The highest BCUT2D eigenvalue weighted by Crippen LogP contribution is 2.31. The number of ether oxygens (including phenoxy) is 1. The van der Waals surface area contributed by atoms with Crippen molar-refractivity contribution in [2.45, 2.75) is 19.7 Å². The molecule has 0 radical (unpaired) electrons. The van der Waals surface area contributed by atoms with Gasteiger partial charge in [0.25, 0.3) is 0 Å². The number of nitrogens with zero attached hydrogens (tertiary/aromatic N) is 1. The molecule has 0 N–H and O–H groups in total. The van der Waals surface area contributed by atoms with Crippen LogP contribution in [0.5, 0.6) is 11.6 Å². The van der Waals surface area contributed by atoms with Crippen LogP contribution in [0.3, 0.4) is 0 Å². The number of halogens is 3. The smallest absolute Gasteiger partial charge is 0.224 e. The quantitative estimate of drug-likeness (QED) is 0.694. The lowest BCUT2D eigenvalue weighted by atomic mass is 10.1. The van der Waals surface area contributed by atoms with E-state index >= 15 is 0 Å². The number of benzene rings is 1. The molecule has 5 heteroatoms. The van der Waals surface area contributed by atoms with E-state index in [1.165, 1.54) is 0 Å². The summed E-state index contributed by atoms with van der Waals surface area (Å²) in [6.45, 7) is 3.88. The third-order valence-electron chi connectivity index (χ3n) is 2.62. The standard InChI is InChI=1S/C14H12Cl3NO/c1-8-3-9(2)18-14(13(8)7-15)19-12-5-10(16)4-11(17)6-12/h3-6H,7H2,1-2H3. The number of rotatable bonds is 3. The average Bonchev–Trinajstić information content (AvgIpc) is 2.26. The number of aromatic nitrogens is 1. The van der Waals surface area contributed by atoms with Gasteiger partial charge in [0.1, 0.15) is 5.75 Å². The van der Waals surface area contributed by atoms with Crippen molar-refractivity contribution >= 4 is 34.8 Å². The van der Waals surface area contributed by atoms with Crippen molar-refractivity contribution in [1.82, 2.24) is 4.98 Å². The summed E-state index contributed by atoms with van der Waals surface area (Å²) in [5, 5.41) is 1.03. The van der Waals surface area contributed by atoms with Gasteiger partial charge in [0.05, 0.1) is 5.88 Å². The van der Waals surface area contributed by atoms with E-state index in [0.29, 0.717) is 27.6 Å². The minimum Gasteiger partial charge on any atom is -0.439 e. The Kier molecular flexibility index (Phi) is 4.56. The van der Waals surface area contributed by atoms with Gasteiger partial charge in [-0.1, -0.05) is 23.2 Å². The summed E-state index contributed by atoms with van der Waals surface area (Å²) in [7, 11) is 0. The first kappa shape index (κ1) is 14.4. The van der Waals surface area contributed by atoms with E-state index in [1.807, 2.05) is 19.9 Å². The fourth-order valence-electron chi connectivity index (χ4n) is 1.78. The summed E-state index contributed by atoms with van der Waals surface area (Å²) in [4.78, 5) is 4.37. The number of hydrogen-bond acceptors (Lipinski definition) is 2. The Bertz CT molecular complexity index is 594. The number of aryl methyl sites for hydroxylation is 2. The first-order valence-corrected chi connectivity index (χ1v) is 6.95. The fraction of sp³-hybridized carbons (Fsp3) is 0.214. The molecule has 19 heavy (non-hydrogen) atoms. The van der Waals surface area contributed by atoms with Crippen LogP contribution in [-0.2, 0) is 5.88 Å². The molecule has 2 rings (SSSR count). The van der Waals surface area contributed by atoms with E-state index in [-0.39, 0.29) is 0 Å². The zero-order valence-corrected chi connectivity index (χ0v) is 12.8. The van der Waals surface area contributed by atoms with Gasteiger partial charge in [0, 0.05) is 21.3 Å². The normalized spacial score (nSPS) is 10.6. The highest BCUT2D eigenvalue weighted by molar-refractivity contribution is 6.34. The molecule has 0 aliphatic rings. The van der Waals surface area contributed by atoms with Gasteiger partial charge >= 0.3 is 0 Å². The Morgan fingerprint density at radius 1 is 1.05 bits per heavy atom. The molecule has 0 fully saturated rings. The molecule has 0 atom stereocenters. The molecule has 0 aliphatic heterocycles. The highest BCUT2D eigenvalue weighted by Gasteiger charge is 2.11. The Labute approximate surface area is 127 Å². The van der Waals surface area contributed by atoms with E-state index in [2.05, 4.69) is 4.98 Å². The van der Waals surface area contributed by atoms with E-state index in [0.717, 1.165) is 16.8 Å². The van der Waals surface area contributed by atoms with Crippen molar-refractivity contribution < 1.29 is 4.74 Å². The predicted molar refractivity (Wildman–Crippen MR) is 79.8 cm³/mol. The van der Waals surface area contributed by atoms with Crippen molar-refractivity contribution in [2.75, 3.05) is 0 Å². The van der Waals surface area contributed by atoms with E-state index in [4.69, 9.17) is 39.5 Å². The zero-order chi connectivity index (χ0) is 14.0. The van der Waals surface area contributed by atoms with Crippen molar-refractivity contribution in [3.8, 4) is 11.6 Å². The summed E-state index contributed by atoms with van der Waals surface area (Å²) in [6, 6.07) is 6.98. The van der Waals surface area contributed by atoms with Crippen LogP contribution < -0.4 is 4.74 Å². The maximum Gasteiger partial charge on any atom is 0.224 e. The maximum atomic E-state index is 5.95. The molecular formula is C14H12Cl3NO. The maximum absolute atomic E-state index is 5.95. The van der Waals surface area contributed by atoms with Gasteiger partial charge in [0.15, 0.2) is 0 Å². The summed E-state index contributed by atoms with van der Waals surface area (Å²) in [5.41, 5.74) is 2.78. The molecule has 0 bridgehead atoms. The molecule has 0 spiro atoms. The average molecular weight is 317 g/mol. The van der Waals surface area contributed by atoms with Crippen LogP contribution in [-0.4, -0.2) is 4.98 Å². The van der Waals surface area contributed by atoms with Gasteiger partial charge in [0.2, 0.25) is 5.88 Å². The van der Waals surface area contributed by atoms with E-state index in [9.17, 15) is 0 Å². The number of hydrogen-bond donors (Lipinski definition) is 0. The Morgan fingerprint density at radius 2 is 1.68 bits per heavy atom. The topological polar surface area (TPSA) is 22.1 Å². The lowest BCUT2D eigenvalue weighted by molar-refractivity contribution is 0.456. The first-order valence-electron chi connectivity index (χ1n) is 5.66. The second kappa shape index (κ2) is 6.00. The van der Waals surface area contributed by atoms with Crippen LogP contribution >= 0.6 is 34.8 Å². The predicted octanol–water partition coefficient (Wildman–Crippen LogP) is 5.54. The first-order chi connectivity index (χ1) is 8.99. The molecule has 0 saturated heterocycles. The molecule has 2 nitrogen and oxygen atoms in total. The monoisotopic (exact) mass is 315 g/mol. The molecule has 1 aromatic heterocycles. The van der Waals surface area contributed by atoms with Gasteiger partial charge in [-0.05, 0) is 43.7 Å². The zero-order valence-electron chi connectivity index (χ0n) is 10.5. The van der Waals surface area contributed by atoms with Gasteiger partial charge in [-0.2, -0.15) is 0 Å². The number of alkyl halides is 1. The van der Waals surface area contributed by atoms with Crippen LogP contribution in [0, 0.1) is 13.8 Å². The summed E-state index contributed by atoms with van der Waals surface area (Å²) >= 11 is 17.8. The third kappa shape index (κ3) is 3.53. The van der Waals surface area contributed by atoms with Crippen LogP contribution in [0.4, 0.5) is 0 Å². The third-order valence-corrected chi connectivity index (χ3v) is 3.33. The fourth-order valence-corrected chi connectivity index (χ4v) is 2.61. The summed E-state index contributed by atoms with van der Waals surface area (Å²) in [6.07, 6.45) is 0. The van der Waals surface area contributed by atoms with E-state index < -0.39 is 0 Å². The second-order valence-electron chi connectivity index (χ2n) is 4.21. The Morgan fingerprint density at radius 3 is 2.26 bits per heavy atom. The van der Waals surface area contributed by atoms with Gasteiger partial charge in [-0.25, -0.2) is 4.98 Å². The van der Waals surface area contributed by atoms with Crippen LogP contribution in [0.1, 0.15) is 16.8 Å². The molecular weight excluding hydrogens is 305 g/mol. The summed E-state index contributed by atoms with van der Waals surface area (Å²) < 4.78 is 5.76. The van der Waals surface area contributed by atoms with Crippen LogP contribution in [0.15, 0.2) is 24.3 Å². The molecule has 0 amide bonds. The highest BCUT2D eigenvalue weighted by atomic mass is 35.5. The lowest BCUT2D eigenvalue weighted by Crippen LogP contribution is -1.98. The molecule has 0 saturated carbocycles. The molecule has 0 unspecified atom stereocenters. The SMILES string of the molecule is Cc1cc(C)c(CCl)c(Oc2cc(Cl)cc(Cl)c2)n1. The van der Waals surface area contributed by atoms with Crippen molar-refractivity contribution in [3.05, 3.63) is 51.1 Å². The molecule has 1 aromatic carbocycles. The van der Waals surface area contributed by atoms with Gasteiger partial charge in [-0.3, -0.25) is 0 Å². The van der Waals surface area contributed by atoms with Crippen molar-refractivity contribution in [1.29, 1.82) is 0 Å². The summed E-state index contributed by atoms with van der Waals surface area (Å²) in [5.74, 6) is 1.37. The largest absolute Gasteiger partial charge is 0.439 e. The van der Waals surface area contributed by atoms with Gasteiger partial charge in [-0.15, -0.1) is 11.6 Å². The molecule has 2 aromatic rings. The van der Waals surface area contributed by atoms with Crippen LogP contribution in [0.2, 0.25) is 10.0 Å². The number of pyridine rings is 1. The molecule has 0 aliphatic carbocycles. The van der Waals surface area contributed by atoms with Crippen LogP contribution in [0.25, 0.3) is 0 Å². The minimum atomic E-state index is 0.336. The van der Waals surface area contributed by atoms with Gasteiger partial charge < -0.3 is 4.74 Å². The minimum absolute atomic E-state index is 0.336. The second-order valence-corrected chi connectivity index (χ2v) is 5.35. The Balaban J connectivity index is 2.42. The molecule has 1 heterocycles.